The Hall–Kier alpha value is -4.29. The van der Waals surface area contributed by atoms with Crippen LogP contribution >= 0.6 is 0 Å². The van der Waals surface area contributed by atoms with E-state index in [4.69, 9.17) is 4.74 Å². The fraction of sp³-hybridized carbons (Fsp3) is 0.409. The summed E-state index contributed by atoms with van der Waals surface area (Å²) in [7, 11) is 1.65. The Balaban J connectivity index is 1.18. The Labute approximate surface area is 198 Å². The number of carbonyl (C=O) groups is 5. The Morgan fingerprint density at radius 2 is 2.00 bits per heavy atom. The van der Waals surface area contributed by atoms with E-state index in [0.717, 1.165) is 5.56 Å². The molecule has 35 heavy (non-hydrogen) atoms. The second kappa shape index (κ2) is 7.61. The molecule has 13 nitrogen and oxygen atoms in total. The van der Waals surface area contributed by atoms with Crippen LogP contribution in [-0.2, 0) is 20.9 Å². The van der Waals surface area contributed by atoms with Crippen molar-refractivity contribution in [2.24, 2.45) is 0 Å². The number of hydrogen-bond donors (Lipinski definition) is 1. The van der Waals surface area contributed by atoms with E-state index in [2.05, 4.69) is 15.6 Å². The monoisotopic (exact) mass is 479 g/mol. The van der Waals surface area contributed by atoms with Crippen molar-refractivity contribution in [1.29, 1.82) is 0 Å². The van der Waals surface area contributed by atoms with Gasteiger partial charge in [0.2, 0.25) is 11.8 Å². The Bertz CT molecular complexity index is 1300. The van der Waals surface area contributed by atoms with Crippen LogP contribution in [0.25, 0.3) is 5.69 Å². The number of amides is 5. The van der Waals surface area contributed by atoms with E-state index in [9.17, 15) is 24.0 Å². The van der Waals surface area contributed by atoms with Gasteiger partial charge in [0.25, 0.3) is 11.8 Å². The van der Waals surface area contributed by atoms with E-state index in [1.54, 1.807) is 30.1 Å². The average Bonchev–Trinajstić information content (AvgIpc) is 3.59. The van der Waals surface area contributed by atoms with Gasteiger partial charge in [0.05, 0.1) is 24.5 Å². The molecular weight excluding hydrogens is 458 g/mol. The number of benzene rings is 1. The summed E-state index contributed by atoms with van der Waals surface area (Å²) in [6, 6.07) is 4.26. The highest BCUT2D eigenvalue weighted by molar-refractivity contribution is 6.05. The number of piperidine rings is 1. The fourth-order valence-electron chi connectivity index (χ4n) is 5.11. The van der Waals surface area contributed by atoms with Gasteiger partial charge in [0.15, 0.2) is 5.69 Å². The summed E-state index contributed by atoms with van der Waals surface area (Å²) < 4.78 is 6.74. The highest BCUT2D eigenvalue weighted by atomic mass is 16.6. The van der Waals surface area contributed by atoms with Crippen molar-refractivity contribution in [1.82, 2.24) is 35.0 Å². The van der Waals surface area contributed by atoms with Crippen LogP contribution in [0.2, 0.25) is 0 Å². The number of hydrogen-bond acceptors (Lipinski definition) is 8. The molecule has 1 unspecified atom stereocenters. The third-order valence-electron chi connectivity index (χ3n) is 7.05. The number of carbonyl (C=O) groups excluding carboxylic acids is 5. The summed E-state index contributed by atoms with van der Waals surface area (Å²) in [5, 5.41) is 10.4. The van der Waals surface area contributed by atoms with Gasteiger partial charge in [-0.2, -0.15) is 0 Å². The highest BCUT2D eigenvalue weighted by Gasteiger charge is 2.47. The molecule has 0 saturated carbocycles. The van der Waals surface area contributed by atoms with Gasteiger partial charge in [0, 0.05) is 32.1 Å². The first kappa shape index (κ1) is 21.3. The van der Waals surface area contributed by atoms with Crippen LogP contribution in [0.15, 0.2) is 24.4 Å². The Kier molecular flexibility index (Phi) is 4.62. The SMILES string of the molecule is CN1C(=O)O[C@H]2CN(C(=O)c3cn(-c4ccc5c(c4)CN(C4CCC(=O)NC4=O)C5=O)nn3)C[C@H]21. The first-order valence-corrected chi connectivity index (χ1v) is 11.2. The molecule has 5 amide bonds. The molecule has 3 fully saturated rings. The third kappa shape index (κ3) is 3.33. The lowest BCUT2D eigenvalue weighted by Gasteiger charge is -2.29. The Morgan fingerprint density at radius 1 is 1.17 bits per heavy atom. The van der Waals surface area contributed by atoms with Gasteiger partial charge in [-0.15, -0.1) is 5.10 Å². The van der Waals surface area contributed by atoms with E-state index in [-0.39, 0.29) is 54.6 Å². The van der Waals surface area contributed by atoms with E-state index in [1.807, 2.05) is 0 Å². The smallest absolute Gasteiger partial charge is 0.410 e. The molecule has 2 aromatic rings. The van der Waals surface area contributed by atoms with Gasteiger partial charge in [0.1, 0.15) is 12.1 Å². The second-order valence-electron chi connectivity index (χ2n) is 9.10. The van der Waals surface area contributed by atoms with Gasteiger partial charge >= 0.3 is 6.09 Å². The summed E-state index contributed by atoms with van der Waals surface area (Å²) >= 11 is 0. The van der Waals surface area contributed by atoms with Gasteiger partial charge in [-0.25, -0.2) is 9.48 Å². The molecule has 1 aromatic heterocycles. The van der Waals surface area contributed by atoms with Crippen molar-refractivity contribution in [3.63, 3.8) is 0 Å². The minimum absolute atomic E-state index is 0.153. The predicted octanol–water partition coefficient (Wildman–Crippen LogP) is -0.697. The number of likely N-dealkylation sites (N-methyl/N-ethyl adjacent to an activating group) is 1. The van der Waals surface area contributed by atoms with Crippen LogP contribution in [0.5, 0.6) is 0 Å². The van der Waals surface area contributed by atoms with E-state index in [0.29, 0.717) is 30.8 Å². The van der Waals surface area contributed by atoms with E-state index >= 15 is 0 Å². The number of fused-ring (bicyclic) bond motifs is 2. The molecule has 4 aliphatic rings. The van der Waals surface area contributed by atoms with E-state index < -0.39 is 11.9 Å². The number of likely N-dealkylation sites (tertiary alicyclic amines) is 1. The molecule has 3 saturated heterocycles. The zero-order chi connectivity index (χ0) is 24.4. The molecule has 180 valence electrons. The van der Waals surface area contributed by atoms with Gasteiger partial charge in [-0.05, 0) is 30.2 Å². The first-order chi connectivity index (χ1) is 16.8. The van der Waals surface area contributed by atoms with Crippen LogP contribution in [0.4, 0.5) is 4.79 Å². The molecule has 1 N–H and O–H groups in total. The summed E-state index contributed by atoms with van der Waals surface area (Å²) in [6.45, 7) is 0.886. The topological polar surface area (TPSA) is 147 Å². The number of ether oxygens (including phenoxy) is 1. The molecule has 1 aromatic carbocycles. The fourth-order valence-corrected chi connectivity index (χ4v) is 5.11. The molecule has 0 spiro atoms. The van der Waals surface area contributed by atoms with Crippen molar-refractivity contribution in [3.8, 4) is 5.69 Å². The molecule has 4 aliphatic heterocycles. The van der Waals surface area contributed by atoms with Crippen LogP contribution in [0.3, 0.4) is 0 Å². The van der Waals surface area contributed by atoms with Crippen LogP contribution in [0, 0.1) is 0 Å². The number of imide groups is 1. The number of aromatic nitrogens is 3. The van der Waals surface area contributed by atoms with E-state index in [1.165, 1.54) is 20.7 Å². The maximum Gasteiger partial charge on any atom is 0.410 e. The lowest BCUT2D eigenvalue weighted by atomic mass is 10.0. The molecule has 0 radical (unpaired) electrons. The van der Waals surface area contributed by atoms with Crippen molar-refractivity contribution >= 4 is 29.7 Å². The lowest BCUT2D eigenvalue weighted by molar-refractivity contribution is -0.136. The molecule has 0 aliphatic carbocycles. The normalized spacial score (nSPS) is 25.6. The maximum atomic E-state index is 13.0. The van der Waals surface area contributed by atoms with Crippen molar-refractivity contribution in [3.05, 3.63) is 41.2 Å². The van der Waals surface area contributed by atoms with Crippen molar-refractivity contribution in [2.45, 2.75) is 37.6 Å². The quantitative estimate of drug-likeness (QED) is 0.569. The molecule has 0 bridgehead atoms. The lowest BCUT2D eigenvalue weighted by Crippen LogP contribution is -2.52. The summed E-state index contributed by atoms with van der Waals surface area (Å²) in [4.78, 5) is 65.7. The molecule has 3 atom stereocenters. The second-order valence-corrected chi connectivity index (χ2v) is 9.10. The van der Waals surface area contributed by atoms with Gasteiger partial charge < -0.3 is 19.4 Å². The minimum atomic E-state index is -0.690. The largest absolute Gasteiger partial charge is 0.442 e. The highest BCUT2D eigenvalue weighted by Crippen LogP contribution is 2.29. The number of nitrogens with zero attached hydrogens (tertiary/aromatic N) is 6. The van der Waals surface area contributed by atoms with Gasteiger partial charge in [-0.1, -0.05) is 5.21 Å². The Morgan fingerprint density at radius 3 is 2.77 bits per heavy atom. The average molecular weight is 479 g/mol. The molecular formula is C22H21N7O6. The summed E-state index contributed by atoms with van der Waals surface area (Å²) in [6.07, 6.45) is 1.26. The summed E-state index contributed by atoms with van der Waals surface area (Å²) in [5.41, 5.74) is 1.97. The standard InChI is InChI=1S/C22H21N7O6/c1-26-16-9-27(10-17(16)35-22(26)34)21(33)14-8-29(25-24-14)12-2-3-13-11(6-12)7-28(20(13)32)15-4-5-18(30)23-19(15)31/h2-3,6,8,15-17H,4-5,7,9-10H2,1H3,(H,23,30,31)/t15?,16-,17+/m1/s1. The number of nitrogens with one attached hydrogen (secondary N) is 1. The zero-order valence-corrected chi connectivity index (χ0v) is 18.7. The molecule has 13 heteroatoms. The number of rotatable bonds is 3. The predicted molar refractivity (Wildman–Crippen MR) is 115 cm³/mol. The van der Waals surface area contributed by atoms with Gasteiger partial charge in [-0.3, -0.25) is 24.5 Å². The van der Waals surface area contributed by atoms with Crippen molar-refractivity contribution in [2.75, 3.05) is 20.1 Å². The first-order valence-electron chi connectivity index (χ1n) is 11.2. The van der Waals surface area contributed by atoms with Crippen LogP contribution in [-0.4, -0.2) is 97.7 Å². The summed E-state index contributed by atoms with van der Waals surface area (Å²) in [5.74, 6) is -1.37. The van der Waals surface area contributed by atoms with Crippen LogP contribution in [0.1, 0.15) is 39.3 Å². The van der Waals surface area contributed by atoms with Crippen LogP contribution < -0.4 is 5.32 Å². The minimum Gasteiger partial charge on any atom is -0.442 e. The zero-order valence-electron chi connectivity index (χ0n) is 18.7. The third-order valence-corrected chi connectivity index (χ3v) is 7.05. The van der Waals surface area contributed by atoms with Crippen molar-refractivity contribution < 1.29 is 28.7 Å². The maximum absolute atomic E-state index is 13.0. The molecule has 5 heterocycles. The molecule has 6 rings (SSSR count).